The van der Waals surface area contributed by atoms with E-state index in [2.05, 4.69) is 10.6 Å². The summed E-state index contributed by atoms with van der Waals surface area (Å²) in [7, 11) is -3.85. The van der Waals surface area contributed by atoms with Crippen LogP contribution in [0.1, 0.15) is 10.4 Å². The zero-order chi connectivity index (χ0) is 17.6. The Kier molecular flexibility index (Phi) is 5.68. The minimum Gasteiger partial charge on any atom is -0.481 e. The molecule has 7 heteroatoms. The number of rotatable bonds is 7. The molecule has 0 aliphatic heterocycles. The summed E-state index contributed by atoms with van der Waals surface area (Å²) < 4.78 is 45.2. The van der Waals surface area contributed by atoms with Crippen LogP contribution in [0.5, 0.6) is 5.75 Å². The molecular formula is C17H14FNO4S. The van der Waals surface area contributed by atoms with E-state index in [0.29, 0.717) is 0 Å². The first-order chi connectivity index (χ1) is 11.4. The highest BCUT2D eigenvalue weighted by molar-refractivity contribution is 7.89. The normalized spacial score (nSPS) is 10.8. The van der Waals surface area contributed by atoms with Gasteiger partial charge in [0, 0.05) is 0 Å². The molecule has 2 rings (SSSR count). The standard InChI is InChI=1S/C17H14FNO4S/c1-2-10-23-13-8-9-16(18)15(11-13)17(20)12-19-24(21,22)14-6-4-3-5-7-14/h1,3-9,11,19H,10,12H2. The van der Waals surface area contributed by atoms with E-state index >= 15 is 0 Å². The third kappa shape index (κ3) is 4.41. The Bertz CT molecular complexity index is 873. The maximum atomic E-state index is 13.8. The van der Waals surface area contributed by atoms with Gasteiger partial charge in [0.2, 0.25) is 10.0 Å². The van der Waals surface area contributed by atoms with Gasteiger partial charge in [-0.1, -0.05) is 24.1 Å². The Morgan fingerprint density at radius 1 is 1.21 bits per heavy atom. The van der Waals surface area contributed by atoms with Crippen LogP contribution in [-0.2, 0) is 10.0 Å². The van der Waals surface area contributed by atoms with Crippen LogP contribution in [0.2, 0.25) is 0 Å². The zero-order valence-corrected chi connectivity index (χ0v) is 13.3. The number of terminal acetylenes is 1. The number of carbonyl (C=O) groups is 1. The summed E-state index contributed by atoms with van der Waals surface area (Å²) in [6.07, 6.45) is 5.06. The molecule has 1 N–H and O–H groups in total. The van der Waals surface area contributed by atoms with Gasteiger partial charge in [0.15, 0.2) is 5.78 Å². The van der Waals surface area contributed by atoms with Gasteiger partial charge in [0.25, 0.3) is 0 Å². The number of ether oxygens (including phenoxy) is 1. The summed E-state index contributed by atoms with van der Waals surface area (Å²) in [4.78, 5) is 12.1. The van der Waals surface area contributed by atoms with Crippen molar-refractivity contribution < 1.29 is 22.3 Å². The molecule has 0 aliphatic rings. The maximum Gasteiger partial charge on any atom is 0.240 e. The predicted octanol–water partition coefficient (Wildman–Crippen LogP) is 2.00. The lowest BCUT2D eigenvalue weighted by atomic mass is 10.1. The number of benzene rings is 2. The van der Waals surface area contributed by atoms with Gasteiger partial charge in [-0.3, -0.25) is 4.79 Å². The van der Waals surface area contributed by atoms with Crippen molar-refractivity contribution >= 4 is 15.8 Å². The van der Waals surface area contributed by atoms with Crippen LogP contribution in [0.25, 0.3) is 0 Å². The van der Waals surface area contributed by atoms with Gasteiger partial charge in [-0.2, -0.15) is 0 Å². The zero-order valence-electron chi connectivity index (χ0n) is 12.5. The summed E-state index contributed by atoms with van der Waals surface area (Å²) in [6, 6.07) is 11.1. The van der Waals surface area contributed by atoms with Crippen molar-refractivity contribution in [3.8, 4) is 18.1 Å². The van der Waals surface area contributed by atoms with Crippen LogP contribution in [0.15, 0.2) is 53.4 Å². The van der Waals surface area contributed by atoms with Crippen LogP contribution >= 0.6 is 0 Å². The molecule has 0 heterocycles. The van der Waals surface area contributed by atoms with E-state index in [1.54, 1.807) is 18.2 Å². The van der Waals surface area contributed by atoms with Crippen LogP contribution in [0.4, 0.5) is 4.39 Å². The minimum atomic E-state index is -3.85. The van der Waals surface area contributed by atoms with Crippen LogP contribution in [-0.4, -0.2) is 27.4 Å². The van der Waals surface area contributed by atoms with Crippen molar-refractivity contribution in [1.29, 1.82) is 0 Å². The largest absolute Gasteiger partial charge is 0.481 e. The molecule has 0 radical (unpaired) electrons. The van der Waals surface area contributed by atoms with E-state index in [0.717, 1.165) is 6.07 Å². The maximum absolute atomic E-state index is 13.8. The molecule has 0 atom stereocenters. The minimum absolute atomic E-state index is 0.0179. The van der Waals surface area contributed by atoms with Crippen molar-refractivity contribution in [2.24, 2.45) is 0 Å². The second-order valence-corrected chi connectivity index (χ2v) is 6.46. The molecule has 124 valence electrons. The SMILES string of the molecule is C#CCOc1ccc(F)c(C(=O)CNS(=O)(=O)c2ccccc2)c1. The fraction of sp³-hybridized carbons (Fsp3) is 0.118. The monoisotopic (exact) mass is 347 g/mol. The fourth-order valence-corrected chi connectivity index (χ4v) is 2.87. The number of ketones is 1. The molecule has 0 spiro atoms. The third-order valence-electron chi connectivity index (χ3n) is 3.04. The highest BCUT2D eigenvalue weighted by Crippen LogP contribution is 2.17. The van der Waals surface area contributed by atoms with Gasteiger partial charge >= 0.3 is 0 Å². The van der Waals surface area contributed by atoms with Gasteiger partial charge in [-0.15, -0.1) is 6.42 Å². The smallest absolute Gasteiger partial charge is 0.240 e. The topological polar surface area (TPSA) is 72.5 Å². The molecule has 0 aromatic heterocycles. The molecule has 2 aromatic rings. The Hall–Kier alpha value is -2.69. The van der Waals surface area contributed by atoms with Gasteiger partial charge in [-0.25, -0.2) is 17.5 Å². The number of sulfonamides is 1. The number of halogens is 1. The average molecular weight is 347 g/mol. The van der Waals surface area contributed by atoms with E-state index in [-0.39, 0.29) is 22.8 Å². The molecule has 0 unspecified atom stereocenters. The van der Waals surface area contributed by atoms with Crippen molar-refractivity contribution in [1.82, 2.24) is 4.72 Å². The first-order valence-electron chi connectivity index (χ1n) is 6.88. The summed E-state index contributed by atoms with van der Waals surface area (Å²) in [6.45, 7) is -0.605. The number of nitrogens with one attached hydrogen (secondary N) is 1. The molecule has 5 nitrogen and oxygen atoms in total. The molecule has 0 saturated heterocycles. The molecule has 0 saturated carbocycles. The average Bonchev–Trinajstić information content (AvgIpc) is 2.60. The van der Waals surface area contributed by atoms with E-state index in [9.17, 15) is 17.6 Å². The highest BCUT2D eigenvalue weighted by atomic mass is 32.2. The van der Waals surface area contributed by atoms with E-state index in [1.165, 1.54) is 24.3 Å². The Morgan fingerprint density at radius 3 is 2.58 bits per heavy atom. The van der Waals surface area contributed by atoms with Crippen LogP contribution in [0.3, 0.4) is 0 Å². The van der Waals surface area contributed by atoms with Crippen molar-refractivity contribution in [3.63, 3.8) is 0 Å². The summed E-state index contributed by atoms with van der Waals surface area (Å²) in [5, 5.41) is 0. The van der Waals surface area contributed by atoms with E-state index in [1.807, 2.05) is 0 Å². The second-order valence-electron chi connectivity index (χ2n) is 4.70. The van der Waals surface area contributed by atoms with Gasteiger partial charge in [0.1, 0.15) is 18.2 Å². The molecule has 0 bridgehead atoms. The van der Waals surface area contributed by atoms with Gasteiger partial charge < -0.3 is 4.74 Å². The lowest BCUT2D eigenvalue weighted by Gasteiger charge is -2.08. The molecule has 2 aromatic carbocycles. The lowest BCUT2D eigenvalue weighted by Crippen LogP contribution is -2.30. The molecule has 0 amide bonds. The summed E-state index contributed by atoms with van der Waals surface area (Å²) in [5.74, 6) is 0.980. The molecule has 0 fully saturated rings. The third-order valence-corrected chi connectivity index (χ3v) is 4.45. The van der Waals surface area contributed by atoms with E-state index in [4.69, 9.17) is 11.2 Å². The number of carbonyl (C=O) groups excluding carboxylic acids is 1. The Morgan fingerprint density at radius 2 is 1.92 bits per heavy atom. The molecule has 0 aliphatic carbocycles. The first kappa shape index (κ1) is 17.7. The van der Waals surface area contributed by atoms with Gasteiger partial charge in [0.05, 0.1) is 17.0 Å². The fourth-order valence-electron chi connectivity index (χ4n) is 1.87. The molecular weight excluding hydrogens is 333 g/mol. The second kappa shape index (κ2) is 7.73. The highest BCUT2D eigenvalue weighted by Gasteiger charge is 2.18. The first-order valence-corrected chi connectivity index (χ1v) is 8.36. The number of hydrogen-bond donors (Lipinski definition) is 1. The lowest BCUT2D eigenvalue weighted by molar-refractivity contribution is 0.0992. The van der Waals surface area contributed by atoms with Crippen molar-refractivity contribution in [2.45, 2.75) is 4.90 Å². The van der Waals surface area contributed by atoms with Crippen LogP contribution < -0.4 is 9.46 Å². The summed E-state index contributed by atoms with van der Waals surface area (Å²) >= 11 is 0. The van der Waals surface area contributed by atoms with E-state index < -0.39 is 28.2 Å². The quantitative estimate of drug-likeness (QED) is 0.614. The van der Waals surface area contributed by atoms with Crippen molar-refractivity contribution in [3.05, 3.63) is 59.9 Å². The Labute approximate surface area is 139 Å². The number of hydrogen-bond acceptors (Lipinski definition) is 4. The molecule has 24 heavy (non-hydrogen) atoms. The summed E-state index contributed by atoms with van der Waals surface area (Å²) in [5.41, 5.74) is -0.278. The number of Topliss-reactive ketones (excluding diaryl/α,β-unsaturated/α-hetero) is 1. The Balaban J connectivity index is 2.11. The predicted molar refractivity (Wildman–Crippen MR) is 86.7 cm³/mol. The van der Waals surface area contributed by atoms with Crippen LogP contribution in [0, 0.1) is 18.2 Å². The van der Waals surface area contributed by atoms with Gasteiger partial charge in [-0.05, 0) is 30.3 Å². The van der Waals surface area contributed by atoms with Crippen molar-refractivity contribution in [2.75, 3.05) is 13.2 Å².